The molecule has 0 fully saturated rings. The summed E-state index contributed by atoms with van der Waals surface area (Å²) in [6.45, 7) is 0.979. The number of nitrogens with one attached hydrogen (secondary N) is 2. The molecule has 0 unspecified atom stereocenters. The Kier molecular flexibility index (Phi) is 14.1. The lowest BCUT2D eigenvalue weighted by Gasteiger charge is -2.12. The van der Waals surface area contributed by atoms with Crippen molar-refractivity contribution in [3.63, 3.8) is 0 Å². The summed E-state index contributed by atoms with van der Waals surface area (Å²) in [5, 5.41) is 5.38. The third kappa shape index (κ3) is 12.0. The van der Waals surface area contributed by atoms with E-state index in [1.54, 1.807) is 28.4 Å². The van der Waals surface area contributed by atoms with Crippen molar-refractivity contribution in [3.05, 3.63) is 12.2 Å². The first-order valence-electron chi connectivity index (χ1n) is 7.92. The molecule has 0 aromatic carbocycles. The smallest absolute Gasteiger partial charge is 0.244 e. The van der Waals surface area contributed by atoms with Crippen LogP contribution in [0.25, 0.3) is 0 Å². The van der Waals surface area contributed by atoms with Gasteiger partial charge >= 0.3 is 0 Å². The van der Waals surface area contributed by atoms with E-state index in [1.807, 2.05) is 0 Å². The quantitative estimate of drug-likeness (QED) is 0.271. The van der Waals surface area contributed by atoms with Crippen molar-refractivity contribution in [1.82, 2.24) is 10.6 Å². The highest BCUT2D eigenvalue weighted by Crippen LogP contribution is 2.01. The van der Waals surface area contributed by atoms with E-state index in [0.29, 0.717) is 25.9 Å². The summed E-state index contributed by atoms with van der Waals surface area (Å²) >= 11 is 0. The second kappa shape index (κ2) is 15.1. The molecule has 0 aromatic heterocycles. The lowest BCUT2D eigenvalue weighted by Crippen LogP contribution is -2.26. The van der Waals surface area contributed by atoms with Crippen LogP contribution in [0.5, 0.6) is 0 Å². The van der Waals surface area contributed by atoms with Crippen molar-refractivity contribution >= 4 is 11.8 Å². The predicted molar refractivity (Wildman–Crippen MR) is 89.2 cm³/mol. The fraction of sp³-hybridized carbons (Fsp3) is 0.750. The van der Waals surface area contributed by atoms with Gasteiger partial charge in [0, 0.05) is 66.5 Å². The van der Waals surface area contributed by atoms with Crippen LogP contribution in [0, 0.1) is 0 Å². The van der Waals surface area contributed by atoms with Crippen molar-refractivity contribution < 1.29 is 28.5 Å². The van der Waals surface area contributed by atoms with E-state index < -0.39 is 0 Å². The highest BCUT2D eigenvalue weighted by atomic mass is 16.7. The highest BCUT2D eigenvalue weighted by Gasteiger charge is 2.06. The molecular weight excluding hydrogens is 316 g/mol. The third-order valence-electron chi connectivity index (χ3n) is 3.27. The SMILES string of the molecule is COC(CCCNC(=O)C=CC(=O)NCCCC(OC)OC)OC. The molecule has 2 N–H and O–H groups in total. The second-order valence-electron chi connectivity index (χ2n) is 5.00. The molecular formula is C16H30N2O6. The molecule has 24 heavy (non-hydrogen) atoms. The number of amides is 2. The van der Waals surface area contributed by atoms with Gasteiger partial charge in [0.1, 0.15) is 0 Å². The number of carbonyl (C=O) groups is 2. The molecule has 0 aliphatic rings. The maximum Gasteiger partial charge on any atom is 0.244 e. The first-order valence-corrected chi connectivity index (χ1v) is 7.92. The molecule has 0 aliphatic carbocycles. The molecule has 140 valence electrons. The fourth-order valence-corrected chi connectivity index (χ4v) is 1.89. The molecule has 0 atom stereocenters. The van der Waals surface area contributed by atoms with Gasteiger partial charge in [0.2, 0.25) is 11.8 Å². The van der Waals surface area contributed by atoms with Gasteiger partial charge in [-0.3, -0.25) is 9.59 Å². The number of ether oxygens (including phenoxy) is 4. The summed E-state index contributed by atoms with van der Waals surface area (Å²) in [5.74, 6) is -0.620. The zero-order valence-corrected chi connectivity index (χ0v) is 15.0. The van der Waals surface area contributed by atoms with E-state index in [2.05, 4.69) is 10.6 Å². The molecule has 0 aromatic rings. The van der Waals surface area contributed by atoms with Gasteiger partial charge in [0.25, 0.3) is 0 Å². The van der Waals surface area contributed by atoms with Gasteiger partial charge in [-0.05, 0) is 12.8 Å². The molecule has 0 rings (SSSR count). The molecule has 0 saturated heterocycles. The molecule has 0 spiro atoms. The highest BCUT2D eigenvalue weighted by molar-refractivity contribution is 5.96. The molecule has 0 aliphatic heterocycles. The van der Waals surface area contributed by atoms with Crippen LogP contribution < -0.4 is 10.6 Å². The van der Waals surface area contributed by atoms with E-state index in [0.717, 1.165) is 12.8 Å². The number of hydrogen-bond acceptors (Lipinski definition) is 6. The first-order chi connectivity index (χ1) is 11.6. The van der Waals surface area contributed by atoms with Crippen molar-refractivity contribution in [2.24, 2.45) is 0 Å². The summed E-state index contributed by atoms with van der Waals surface area (Å²) in [7, 11) is 6.27. The number of methoxy groups -OCH3 is 4. The Morgan fingerprint density at radius 3 is 1.38 bits per heavy atom. The van der Waals surface area contributed by atoms with Crippen molar-refractivity contribution in [2.75, 3.05) is 41.5 Å². The normalized spacial score (nSPS) is 11.4. The number of carbonyl (C=O) groups excluding carboxylic acids is 2. The van der Waals surface area contributed by atoms with Crippen LogP contribution in [-0.2, 0) is 28.5 Å². The van der Waals surface area contributed by atoms with Crippen LogP contribution in [0.15, 0.2) is 12.2 Å². The molecule has 8 heteroatoms. The van der Waals surface area contributed by atoms with Gasteiger partial charge in [-0.15, -0.1) is 0 Å². The molecule has 0 radical (unpaired) electrons. The van der Waals surface area contributed by atoms with Crippen LogP contribution in [0.3, 0.4) is 0 Å². The average molecular weight is 346 g/mol. The second-order valence-corrected chi connectivity index (χ2v) is 5.00. The molecule has 0 heterocycles. The minimum absolute atomic E-state index is 0.265. The van der Waals surface area contributed by atoms with Crippen molar-refractivity contribution in [1.29, 1.82) is 0 Å². The van der Waals surface area contributed by atoms with Crippen LogP contribution in [0.4, 0.5) is 0 Å². The van der Waals surface area contributed by atoms with Crippen LogP contribution >= 0.6 is 0 Å². The Balaban J connectivity index is 3.75. The van der Waals surface area contributed by atoms with Crippen LogP contribution in [0.2, 0.25) is 0 Å². The summed E-state index contributed by atoms with van der Waals surface area (Å²) in [6, 6.07) is 0. The third-order valence-corrected chi connectivity index (χ3v) is 3.27. The Hall–Kier alpha value is -1.48. The van der Waals surface area contributed by atoms with Gasteiger partial charge in [-0.1, -0.05) is 0 Å². The predicted octanol–water partition coefficient (Wildman–Crippen LogP) is 0.573. The van der Waals surface area contributed by atoms with E-state index in [-0.39, 0.29) is 24.4 Å². The largest absolute Gasteiger partial charge is 0.356 e. The monoisotopic (exact) mass is 346 g/mol. The average Bonchev–Trinajstić information content (AvgIpc) is 2.60. The van der Waals surface area contributed by atoms with Crippen molar-refractivity contribution in [3.8, 4) is 0 Å². The van der Waals surface area contributed by atoms with E-state index in [1.165, 1.54) is 12.2 Å². The summed E-state index contributed by atoms with van der Waals surface area (Å²) in [4.78, 5) is 23.1. The Morgan fingerprint density at radius 2 is 1.08 bits per heavy atom. The van der Waals surface area contributed by atoms with Gasteiger partial charge in [-0.2, -0.15) is 0 Å². The first kappa shape index (κ1) is 22.5. The maximum atomic E-state index is 11.6. The molecule has 0 bridgehead atoms. The van der Waals surface area contributed by atoms with E-state index in [4.69, 9.17) is 18.9 Å². The Labute approximate surface area is 143 Å². The molecule has 2 amide bonds. The Morgan fingerprint density at radius 1 is 0.750 bits per heavy atom. The van der Waals surface area contributed by atoms with E-state index in [9.17, 15) is 9.59 Å². The number of hydrogen-bond donors (Lipinski definition) is 2. The molecule has 8 nitrogen and oxygen atoms in total. The molecule has 0 saturated carbocycles. The van der Waals surface area contributed by atoms with Gasteiger partial charge < -0.3 is 29.6 Å². The minimum atomic E-state index is -0.310. The zero-order valence-electron chi connectivity index (χ0n) is 15.0. The van der Waals surface area contributed by atoms with E-state index >= 15 is 0 Å². The fourth-order valence-electron chi connectivity index (χ4n) is 1.89. The van der Waals surface area contributed by atoms with Crippen molar-refractivity contribution in [2.45, 2.75) is 38.3 Å². The zero-order chi connectivity index (χ0) is 18.2. The maximum absolute atomic E-state index is 11.6. The summed E-state index contributed by atoms with van der Waals surface area (Å²) in [5.41, 5.74) is 0. The lowest BCUT2D eigenvalue weighted by atomic mass is 10.3. The van der Waals surface area contributed by atoms with Crippen LogP contribution in [-0.4, -0.2) is 65.9 Å². The van der Waals surface area contributed by atoms with Gasteiger partial charge in [-0.25, -0.2) is 0 Å². The van der Waals surface area contributed by atoms with Gasteiger partial charge in [0.15, 0.2) is 12.6 Å². The van der Waals surface area contributed by atoms with Crippen LogP contribution in [0.1, 0.15) is 25.7 Å². The Bertz CT molecular complexity index is 334. The topological polar surface area (TPSA) is 95.1 Å². The minimum Gasteiger partial charge on any atom is -0.356 e. The standard InChI is InChI=1S/C16H30N2O6/c1-21-15(22-2)7-5-11-17-13(19)9-10-14(20)18-12-6-8-16(23-3)24-4/h9-10,15-16H,5-8,11-12H2,1-4H3,(H,17,19)(H,18,20). The number of rotatable bonds is 14. The lowest BCUT2D eigenvalue weighted by molar-refractivity contribution is -0.119. The van der Waals surface area contributed by atoms with Gasteiger partial charge in [0.05, 0.1) is 0 Å². The summed E-state index contributed by atoms with van der Waals surface area (Å²) < 4.78 is 20.2. The summed E-state index contributed by atoms with van der Waals surface area (Å²) in [6.07, 6.45) is 4.71.